The molecule has 0 aliphatic heterocycles. The molecule has 128 valence electrons. The second kappa shape index (κ2) is 12.9. The normalized spacial score (nSPS) is 17.1. The molecule has 0 saturated heterocycles. The van der Waals surface area contributed by atoms with Gasteiger partial charge in [0, 0.05) is 0 Å². The Kier molecular flexibility index (Phi) is 11.4. The number of isocyanates is 1. The Hall–Kier alpha value is -0.620. The molecule has 1 fully saturated rings. The van der Waals surface area contributed by atoms with Crippen LogP contribution in [0.15, 0.2) is 4.99 Å². The quantitative estimate of drug-likeness (QED) is 0.211. The summed E-state index contributed by atoms with van der Waals surface area (Å²) < 4.78 is 0. The van der Waals surface area contributed by atoms with Crippen molar-refractivity contribution in [2.75, 3.05) is 0 Å². The van der Waals surface area contributed by atoms with E-state index in [0.29, 0.717) is 0 Å². The first-order valence-electron chi connectivity index (χ1n) is 9.92. The lowest BCUT2D eigenvalue weighted by molar-refractivity contribution is 0.271. The van der Waals surface area contributed by atoms with Crippen molar-refractivity contribution < 1.29 is 4.79 Å². The molecule has 0 N–H and O–H groups in total. The highest BCUT2D eigenvalue weighted by Crippen LogP contribution is 2.35. The molecule has 0 aromatic carbocycles. The van der Waals surface area contributed by atoms with Crippen LogP contribution in [0.5, 0.6) is 0 Å². The molecule has 2 nitrogen and oxygen atoms in total. The molecule has 1 aliphatic rings. The van der Waals surface area contributed by atoms with Crippen molar-refractivity contribution in [1.82, 2.24) is 0 Å². The van der Waals surface area contributed by atoms with E-state index < -0.39 is 0 Å². The van der Waals surface area contributed by atoms with E-state index in [2.05, 4.69) is 11.9 Å². The third-order valence-electron chi connectivity index (χ3n) is 5.31. The van der Waals surface area contributed by atoms with Gasteiger partial charge in [-0.2, -0.15) is 4.99 Å². The summed E-state index contributed by atoms with van der Waals surface area (Å²) in [5.41, 5.74) is -0.0285. The molecule has 0 radical (unpaired) electrons. The van der Waals surface area contributed by atoms with Crippen LogP contribution in [-0.4, -0.2) is 11.6 Å². The van der Waals surface area contributed by atoms with E-state index in [9.17, 15) is 4.79 Å². The minimum Gasteiger partial charge on any atom is -0.211 e. The third kappa shape index (κ3) is 8.73. The van der Waals surface area contributed by atoms with Crippen molar-refractivity contribution in [3.05, 3.63) is 0 Å². The average molecular weight is 308 g/mol. The maximum absolute atomic E-state index is 10.7. The molecule has 0 amide bonds. The molecule has 1 rings (SSSR count). The van der Waals surface area contributed by atoms with Crippen LogP contribution < -0.4 is 0 Å². The molecule has 1 aliphatic carbocycles. The summed E-state index contributed by atoms with van der Waals surface area (Å²) in [6.07, 6.45) is 24.1. The minimum absolute atomic E-state index is 0.0285. The molecule has 22 heavy (non-hydrogen) atoms. The minimum atomic E-state index is -0.0285. The summed E-state index contributed by atoms with van der Waals surface area (Å²) in [7, 11) is 0. The van der Waals surface area contributed by atoms with Crippen molar-refractivity contribution in [2.24, 2.45) is 4.99 Å². The van der Waals surface area contributed by atoms with Crippen LogP contribution in [0.3, 0.4) is 0 Å². The van der Waals surface area contributed by atoms with Crippen LogP contribution in [0, 0.1) is 0 Å². The van der Waals surface area contributed by atoms with Gasteiger partial charge in [0.25, 0.3) is 0 Å². The summed E-state index contributed by atoms with van der Waals surface area (Å²) >= 11 is 0. The molecule has 0 unspecified atom stereocenters. The van der Waals surface area contributed by atoms with Crippen LogP contribution in [0.1, 0.15) is 116 Å². The van der Waals surface area contributed by atoms with E-state index in [1.54, 1.807) is 0 Å². The molecule has 0 heterocycles. The molecule has 0 bridgehead atoms. The lowest BCUT2D eigenvalue weighted by Crippen LogP contribution is -2.29. The Morgan fingerprint density at radius 3 is 1.77 bits per heavy atom. The number of rotatable bonds is 13. The second-order valence-corrected chi connectivity index (χ2v) is 7.27. The van der Waals surface area contributed by atoms with Gasteiger partial charge in [0.05, 0.1) is 5.54 Å². The van der Waals surface area contributed by atoms with Gasteiger partial charge >= 0.3 is 0 Å². The zero-order chi connectivity index (χ0) is 15.9. The summed E-state index contributed by atoms with van der Waals surface area (Å²) in [6, 6.07) is 0. The smallest absolute Gasteiger partial charge is 0.211 e. The maximum atomic E-state index is 10.7. The predicted octanol–water partition coefficient (Wildman–Crippen LogP) is 6.73. The van der Waals surface area contributed by atoms with Crippen LogP contribution in [-0.2, 0) is 4.79 Å². The Bertz CT molecular complexity index is 301. The van der Waals surface area contributed by atoms with Gasteiger partial charge in [-0.1, -0.05) is 96.8 Å². The van der Waals surface area contributed by atoms with Crippen LogP contribution in [0.2, 0.25) is 0 Å². The molecule has 2 heteroatoms. The van der Waals surface area contributed by atoms with Gasteiger partial charge in [0.1, 0.15) is 0 Å². The lowest BCUT2D eigenvalue weighted by Gasteiger charge is -2.32. The largest absolute Gasteiger partial charge is 0.235 e. The van der Waals surface area contributed by atoms with E-state index >= 15 is 0 Å². The second-order valence-electron chi connectivity index (χ2n) is 7.27. The van der Waals surface area contributed by atoms with Crippen LogP contribution in [0.25, 0.3) is 0 Å². The SMILES string of the molecule is CCCCCCCCCCCCCC1(N=C=O)CCCCC1. The zero-order valence-electron chi connectivity index (χ0n) is 14.9. The molecule has 1 saturated carbocycles. The summed E-state index contributed by atoms with van der Waals surface area (Å²) in [5.74, 6) is 0. The van der Waals surface area contributed by atoms with E-state index in [0.717, 1.165) is 19.3 Å². The number of hydrogen-bond donors (Lipinski definition) is 0. The number of carbonyl (C=O) groups excluding carboxylic acids is 1. The first-order chi connectivity index (χ1) is 10.8. The van der Waals surface area contributed by atoms with E-state index in [1.807, 2.05) is 6.08 Å². The molecule has 0 atom stereocenters. The van der Waals surface area contributed by atoms with Gasteiger partial charge in [0.2, 0.25) is 6.08 Å². The summed E-state index contributed by atoms with van der Waals surface area (Å²) in [5, 5.41) is 0. The van der Waals surface area contributed by atoms with Gasteiger partial charge < -0.3 is 0 Å². The lowest BCUT2D eigenvalue weighted by atomic mass is 9.78. The fraction of sp³-hybridized carbons (Fsp3) is 0.950. The van der Waals surface area contributed by atoms with E-state index in [-0.39, 0.29) is 5.54 Å². The van der Waals surface area contributed by atoms with Gasteiger partial charge in [-0.3, -0.25) is 0 Å². The molecular weight excluding hydrogens is 270 g/mol. The fourth-order valence-electron chi connectivity index (χ4n) is 3.84. The molecule has 0 spiro atoms. The molecule has 0 aromatic heterocycles. The molecule has 0 aromatic rings. The highest BCUT2D eigenvalue weighted by molar-refractivity contribution is 5.35. The third-order valence-corrected chi connectivity index (χ3v) is 5.31. The monoisotopic (exact) mass is 307 g/mol. The first kappa shape index (κ1) is 19.4. The predicted molar refractivity (Wildman–Crippen MR) is 95.0 cm³/mol. The van der Waals surface area contributed by atoms with Gasteiger partial charge in [-0.15, -0.1) is 0 Å². The van der Waals surface area contributed by atoms with Crippen LogP contribution in [0.4, 0.5) is 0 Å². The van der Waals surface area contributed by atoms with Gasteiger partial charge in [-0.05, 0) is 19.3 Å². The van der Waals surface area contributed by atoms with Crippen LogP contribution >= 0.6 is 0 Å². The Labute approximate surface area is 138 Å². The van der Waals surface area contributed by atoms with Gasteiger partial charge in [-0.25, -0.2) is 4.79 Å². The average Bonchev–Trinajstić information content (AvgIpc) is 2.54. The molecular formula is C20H37NO. The zero-order valence-corrected chi connectivity index (χ0v) is 14.9. The van der Waals surface area contributed by atoms with Crippen molar-refractivity contribution >= 4 is 6.08 Å². The van der Waals surface area contributed by atoms with Gasteiger partial charge in [0.15, 0.2) is 0 Å². The van der Waals surface area contributed by atoms with Crippen molar-refractivity contribution in [1.29, 1.82) is 0 Å². The topological polar surface area (TPSA) is 29.4 Å². The highest BCUT2D eigenvalue weighted by atomic mass is 16.1. The van der Waals surface area contributed by atoms with Crippen molar-refractivity contribution in [3.8, 4) is 0 Å². The van der Waals surface area contributed by atoms with Crippen molar-refractivity contribution in [2.45, 2.75) is 122 Å². The van der Waals surface area contributed by atoms with Crippen molar-refractivity contribution in [3.63, 3.8) is 0 Å². The van der Waals surface area contributed by atoms with E-state index in [4.69, 9.17) is 0 Å². The number of hydrogen-bond acceptors (Lipinski definition) is 2. The first-order valence-corrected chi connectivity index (χ1v) is 9.92. The van der Waals surface area contributed by atoms with E-state index in [1.165, 1.54) is 89.9 Å². The number of unbranched alkanes of at least 4 members (excludes halogenated alkanes) is 10. The standard InChI is InChI=1S/C20H37NO/c1-2-3-4-5-6-7-8-9-10-11-13-16-20(21-19-22)17-14-12-15-18-20/h2-18H2,1H3. The highest BCUT2D eigenvalue weighted by Gasteiger charge is 2.30. The number of aliphatic imine (C=N–C) groups is 1. The maximum Gasteiger partial charge on any atom is 0.235 e. The Morgan fingerprint density at radius 1 is 0.773 bits per heavy atom. The number of nitrogens with zero attached hydrogens (tertiary/aromatic N) is 1. The fourth-order valence-corrected chi connectivity index (χ4v) is 3.84. The Morgan fingerprint density at radius 2 is 1.27 bits per heavy atom. The summed E-state index contributed by atoms with van der Waals surface area (Å²) in [6.45, 7) is 2.28. The summed E-state index contributed by atoms with van der Waals surface area (Å²) in [4.78, 5) is 14.9. The Balaban J connectivity index is 1.96.